The summed E-state index contributed by atoms with van der Waals surface area (Å²) in [6, 6.07) is 0. The number of aliphatic hydroxyl groups is 9. The van der Waals surface area contributed by atoms with Crippen LogP contribution in [0.15, 0.2) is 0 Å². The molecule has 3 rings (SSSR count). The first-order valence-electron chi connectivity index (χ1n) is 28.8. The van der Waals surface area contributed by atoms with Gasteiger partial charge in [-0.05, 0) is 38.0 Å². The number of amides is 5. The maximum Gasteiger partial charge on any atom is 0.222 e. The average molecular weight is 1190 g/mol. The molecule has 3 heterocycles. The van der Waals surface area contributed by atoms with Gasteiger partial charge in [-0.2, -0.15) is 0 Å². The molecule has 0 saturated carbocycles. The van der Waals surface area contributed by atoms with Crippen molar-refractivity contribution in [2.24, 2.45) is 23.7 Å². The number of hydrogen-bond donors (Lipinski definition) is 14. The van der Waals surface area contributed by atoms with Crippen LogP contribution in [0.5, 0.6) is 0 Å². The van der Waals surface area contributed by atoms with Gasteiger partial charge in [0.1, 0.15) is 36.6 Å². The summed E-state index contributed by atoms with van der Waals surface area (Å²) in [5.41, 5.74) is -1.57. The van der Waals surface area contributed by atoms with E-state index in [1.54, 1.807) is 27.9 Å². The molecular formula is C54H101N5O23. The first-order valence-corrected chi connectivity index (χ1v) is 28.8. The molecule has 3 aliphatic rings. The molecule has 0 aromatic rings. The Labute approximate surface area is 482 Å². The predicted molar refractivity (Wildman–Crippen MR) is 292 cm³/mol. The summed E-state index contributed by atoms with van der Waals surface area (Å²) in [6.07, 6.45) is -12.2. The van der Waals surface area contributed by atoms with E-state index in [0.717, 1.165) is 5.92 Å². The van der Waals surface area contributed by atoms with E-state index < -0.39 is 147 Å². The zero-order valence-corrected chi connectivity index (χ0v) is 49.2. The highest BCUT2D eigenvalue weighted by atomic mass is 16.7. The molecule has 3 aliphatic heterocycles. The van der Waals surface area contributed by atoms with Gasteiger partial charge in [0.25, 0.3) is 0 Å². The molecule has 15 atom stereocenters. The van der Waals surface area contributed by atoms with Gasteiger partial charge in [0, 0.05) is 83.3 Å². The maximum atomic E-state index is 13.7. The fourth-order valence-electron chi connectivity index (χ4n) is 8.70. The lowest BCUT2D eigenvalue weighted by Gasteiger charge is -2.40. The second kappa shape index (κ2) is 41.6. The number of ether oxygens (including phenoxy) is 9. The second-order valence-electron chi connectivity index (χ2n) is 21.8. The van der Waals surface area contributed by atoms with Crippen molar-refractivity contribution in [3.8, 4) is 0 Å². The summed E-state index contributed by atoms with van der Waals surface area (Å²) in [4.78, 5) is 65.6. The van der Waals surface area contributed by atoms with Crippen LogP contribution in [-0.4, -0.2) is 261 Å². The third kappa shape index (κ3) is 28.2. The van der Waals surface area contributed by atoms with E-state index in [2.05, 4.69) is 47.4 Å². The summed E-state index contributed by atoms with van der Waals surface area (Å²) in [6.45, 7) is 10.4. The number of carbonyl (C=O) groups excluding carboxylic acids is 5. The largest absolute Gasteiger partial charge is 0.394 e. The van der Waals surface area contributed by atoms with E-state index in [1.165, 1.54) is 0 Å². The number of nitrogens with one attached hydrogen (secondary N) is 5. The van der Waals surface area contributed by atoms with Crippen molar-refractivity contribution in [1.29, 1.82) is 0 Å². The van der Waals surface area contributed by atoms with E-state index in [9.17, 15) is 69.9 Å². The molecule has 0 spiro atoms. The molecule has 3 saturated heterocycles. The Morgan fingerprint density at radius 1 is 0.451 bits per heavy atom. The molecule has 480 valence electrons. The van der Waals surface area contributed by atoms with Gasteiger partial charge < -0.3 is 115 Å². The molecule has 5 amide bonds. The zero-order chi connectivity index (χ0) is 61.2. The molecule has 0 aromatic heterocycles. The molecule has 28 heteroatoms. The number of methoxy groups -OCH3 is 1. The second-order valence-corrected chi connectivity index (χ2v) is 21.8. The third-order valence-corrected chi connectivity index (χ3v) is 13.6. The van der Waals surface area contributed by atoms with E-state index in [0.29, 0.717) is 32.4 Å². The van der Waals surface area contributed by atoms with Gasteiger partial charge >= 0.3 is 0 Å². The van der Waals surface area contributed by atoms with Crippen molar-refractivity contribution < 1.29 is 113 Å². The topological polar surface area (TPSA) is 411 Å². The molecule has 3 fully saturated rings. The molecule has 0 bridgehead atoms. The van der Waals surface area contributed by atoms with Crippen LogP contribution in [0.3, 0.4) is 0 Å². The standard InChI is InChI=1S/C50H91N5O23.C4H10/c1-30-41(64)44(67)33(25-56)76-47(30)73-19-7-15-52-37(60)12-22-71-28-50(55-39(62)11-5-10-36(59)51-14-6-18-70-4,24-40(63)54-17-9-21-75-49-32(3)43(66)46(69)35(27-58)78-49)29-72-23-13-38(61)53-16-8-20-74-48-31(2)42(65)45(68)34(26-57)77-48;1-4(2)3/h30-35,41-49,56-58,64-69H,5-29H2,1-4H3,(H,51,59)(H,52,60)(H,53,61)(H,54,63)(H,55,62);4H,1-3H3/t30?,31?,32?,33?,34?,35?,41-,42-,43-,44+,45+,46+,47-,48-,49-,50?;/m1./s1. The van der Waals surface area contributed by atoms with Crippen LogP contribution in [0.4, 0.5) is 0 Å². The van der Waals surface area contributed by atoms with Crippen LogP contribution in [0.1, 0.15) is 106 Å². The summed E-state index contributed by atoms with van der Waals surface area (Å²) in [5, 5.41) is 104. The Morgan fingerprint density at radius 2 is 0.768 bits per heavy atom. The summed E-state index contributed by atoms with van der Waals surface area (Å²) in [7, 11) is 1.55. The fourth-order valence-corrected chi connectivity index (χ4v) is 8.70. The van der Waals surface area contributed by atoms with Gasteiger partial charge in [0.15, 0.2) is 18.9 Å². The lowest BCUT2D eigenvalue weighted by Crippen LogP contribution is -2.57. The van der Waals surface area contributed by atoms with Crippen LogP contribution in [0, 0.1) is 23.7 Å². The Morgan fingerprint density at radius 3 is 1.11 bits per heavy atom. The van der Waals surface area contributed by atoms with Gasteiger partial charge in [-0.1, -0.05) is 41.5 Å². The lowest BCUT2D eigenvalue weighted by molar-refractivity contribution is -0.282. The summed E-state index contributed by atoms with van der Waals surface area (Å²) >= 11 is 0. The highest BCUT2D eigenvalue weighted by Crippen LogP contribution is 2.29. The van der Waals surface area contributed by atoms with Crippen molar-refractivity contribution >= 4 is 29.5 Å². The van der Waals surface area contributed by atoms with Gasteiger partial charge in [-0.3, -0.25) is 24.0 Å². The zero-order valence-electron chi connectivity index (χ0n) is 49.2. The first-order chi connectivity index (χ1) is 39.0. The average Bonchev–Trinajstić information content (AvgIpc) is 3.47. The Bertz CT molecular complexity index is 1700. The smallest absolute Gasteiger partial charge is 0.222 e. The van der Waals surface area contributed by atoms with Gasteiger partial charge in [-0.25, -0.2) is 0 Å². The van der Waals surface area contributed by atoms with Crippen LogP contribution in [-0.2, 0) is 66.6 Å². The molecule has 0 aromatic carbocycles. The van der Waals surface area contributed by atoms with Gasteiger partial charge in [0.05, 0.1) is 96.3 Å². The Balaban J connectivity index is 0.00000554. The Hall–Kier alpha value is -3.37. The molecule has 6 unspecified atom stereocenters. The lowest BCUT2D eigenvalue weighted by atomic mass is 9.92. The molecule has 0 aliphatic carbocycles. The van der Waals surface area contributed by atoms with Crippen molar-refractivity contribution in [3.63, 3.8) is 0 Å². The van der Waals surface area contributed by atoms with Gasteiger partial charge in [-0.15, -0.1) is 0 Å². The third-order valence-electron chi connectivity index (χ3n) is 13.6. The highest BCUT2D eigenvalue weighted by molar-refractivity contribution is 5.82. The van der Waals surface area contributed by atoms with Crippen LogP contribution < -0.4 is 26.6 Å². The monoisotopic (exact) mass is 1190 g/mol. The van der Waals surface area contributed by atoms with Crippen molar-refractivity contribution in [3.05, 3.63) is 0 Å². The van der Waals surface area contributed by atoms with E-state index in [-0.39, 0.29) is 110 Å². The number of carbonyl (C=O) groups is 5. The summed E-state index contributed by atoms with van der Waals surface area (Å²) < 4.78 is 50.9. The number of aliphatic hydroxyl groups excluding tert-OH is 9. The van der Waals surface area contributed by atoms with Crippen molar-refractivity contribution in [2.75, 3.05) is 106 Å². The van der Waals surface area contributed by atoms with Crippen molar-refractivity contribution in [2.45, 2.75) is 185 Å². The first kappa shape index (κ1) is 74.7. The van der Waals surface area contributed by atoms with Gasteiger partial charge in [0.2, 0.25) is 29.5 Å². The van der Waals surface area contributed by atoms with E-state index >= 15 is 0 Å². The SMILES string of the molecule is CC(C)C.COCCCNC(=O)CCCC(=O)NC(COCCC(=O)NCCCO[C@@H]1OC(CO)[C@H](O)[C@H](O)C1C)(COCCC(=O)NCCCO[C@@H]1OC(CO)[C@H](O)[C@H](O)C1C)CC(=O)NCCCO[C@@H]1OC(CO)[C@H](O)[C@H](O)C1C. The minimum atomic E-state index is -1.57. The van der Waals surface area contributed by atoms with Crippen LogP contribution in [0.25, 0.3) is 0 Å². The quantitative estimate of drug-likeness (QED) is 0.0270. The van der Waals surface area contributed by atoms with Crippen molar-refractivity contribution in [1.82, 2.24) is 26.6 Å². The number of rotatable bonds is 39. The minimum Gasteiger partial charge on any atom is -0.394 e. The van der Waals surface area contributed by atoms with Crippen LogP contribution >= 0.6 is 0 Å². The number of hydrogen-bond acceptors (Lipinski definition) is 23. The minimum absolute atomic E-state index is 0.0339. The summed E-state index contributed by atoms with van der Waals surface area (Å²) in [5.74, 6) is -3.10. The molecule has 14 N–H and O–H groups in total. The molecule has 82 heavy (non-hydrogen) atoms. The normalized spacial score (nSPS) is 29.0. The molecular weight excluding hydrogens is 1090 g/mol. The van der Waals surface area contributed by atoms with Crippen LogP contribution in [0.2, 0.25) is 0 Å². The van der Waals surface area contributed by atoms with E-state index in [4.69, 9.17) is 42.6 Å². The predicted octanol–water partition coefficient (Wildman–Crippen LogP) is -3.18. The Kier molecular flexibility index (Phi) is 37.9. The maximum absolute atomic E-state index is 13.7. The molecule has 28 nitrogen and oxygen atoms in total. The molecule has 0 radical (unpaired) electrons. The fraction of sp³-hybridized carbons (Fsp3) is 0.907. The highest BCUT2D eigenvalue weighted by Gasteiger charge is 2.45. The van der Waals surface area contributed by atoms with E-state index in [1.807, 2.05) is 0 Å².